The molecule has 3 heterocycles. The standard InChI is InChI=1S/C12H17N5S2/c13-12-16-15-11(19-12)9-7-14-10(18-9)8-17-5-3-1-2-4-6-17/h7H,1-6,8H2,(H2,13,16). The van der Waals surface area contributed by atoms with Crippen molar-refractivity contribution in [2.45, 2.75) is 32.2 Å². The van der Waals surface area contributed by atoms with E-state index in [4.69, 9.17) is 5.73 Å². The van der Waals surface area contributed by atoms with Crippen LogP contribution in [0.3, 0.4) is 0 Å². The molecule has 0 radical (unpaired) electrons. The van der Waals surface area contributed by atoms with Crippen LogP contribution in [0.5, 0.6) is 0 Å². The smallest absolute Gasteiger partial charge is 0.203 e. The largest absolute Gasteiger partial charge is 0.374 e. The van der Waals surface area contributed by atoms with Gasteiger partial charge in [-0.15, -0.1) is 21.5 Å². The second-order valence-electron chi connectivity index (χ2n) is 4.75. The molecule has 0 unspecified atom stereocenters. The number of nitrogen functional groups attached to an aromatic ring is 1. The van der Waals surface area contributed by atoms with Crippen LogP contribution in [0.1, 0.15) is 30.7 Å². The molecule has 1 aliphatic rings. The van der Waals surface area contributed by atoms with Crippen LogP contribution in [0.2, 0.25) is 0 Å². The fourth-order valence-electron chi connectivity index (χ4n) is 2.30. The lowest BCUT2D eigenvalue weighted by atomic mass is 10.2. The molecular weight excluding hydrogens is 278 g/mol. The second-order valence-corrected chi connectivity index (χ2v) is 6.88. The summed E-state index contributed by atoms with van der Waals surface area (Å²) in [7, 11) is 0. The molecule has 1 saturated heterocycles. The summed E-state index contributed by atoms with van der Waals surface area (Å²) >= 11 is 3.12. The van der Waals surface area contributed by atoms with Gasteiger partial charge in [0.15, 0.2) is 5.01 Å². The Morgan fingerprint density at radius 1 is 1.11 bits per heavy atom. The lowest BCUT2D eigenvalue weighted by Crippen LogP contribution is -2.23. The molecule has 19 heavy (non-hydrogen) atoms. The zero-order valence-electron chi connectivity index (χ0n) is 10.7. The summed E-state index contributed by atoms with van der Waals surface area (Å²) < 4.78 is 0. The number of thiazole rings is 1. The SMILES string of the molecule is Nc1nnc(-c2cnc(CN3CCCCCC3)s2)s1. The first-order valence-corrected chi connectivity index (χ1v) is 8.21. The van der Waals surface area contributed by atoms with E-state index in [0.717, 1.165) is 21.4 Å². The van der Waals surface area contributed by atoms with Crippen LogP contribution in [0.15, 0.2) is 6.20 Å². The molecule has 2 aromatic rings. The molecule has 0 atom stereocenters. The summed E-state index contributed by atoms with van der Waals surface area (Å²) in [6, 6.07) is 0. The Labute approximate surface area is 120 Å². The van der Waals surface area contributed by atoms with Gasteiger partial charge in [-0.25, -0.2) is 4.98 Å². The van der Waals surface area contributed by atoms with Crippen molar-refractivity contribution in [3.63, 3.8) is 0 Å². The minimum absolute atomic E-state index is 0.512. The molecule has 5 nitrogen and oxygen atoms in total. The third-order valence-corrected chi connectivity index (χ3v) is 5.17. The zero-order chi connectivity index (χ0) is 13.1. The first-order valence-electron chi connectivity index (χ1n) is 6.58. The van der Waals surface area contributed by atoms with E-state index in [2.05, 4.69) is 20.1 Å². The lowest BCUT2D eigenvalue weighted by Gasteiger charge is -2.17. The predicted octanol–water partition coefficient (Wildman–Crippen LogP) is 2.62. The van der Waals surface area contributed by atoms with Gasteiger partial charge >= 0.3 is 0 Å². The quantitative estimate of drug-likeness (QED) is 0.942. The highest BCUT2D eigenvalue weighted by Crippen LogP contribution is 2.30. The number of hydrogen-bond donors (Lipinski definition) is 1. The summed E-state index contributed by atoms with van der Waals surface area (Å²) in [6.07, 6.45) is 7.24. The molecule has 102 valence electrons. The maximum absolute atomic E-state index is 5.61. The minimum atomic E-state index is 0.512. The van der Waals surface area contributed by atoms with Crippen molar-refractivity contribution in [3.05, 3.63) is 11.2 Å². The van der Waals surface area contributed by atoms with Gasteiger partial charge in [0.2, 0.25) is 5.13 Å². The van der Waals surface area contributed by atoms with E-state index >= 15 is 0 Å². The Hall–Kier alpha value is -1.05. The first kappa shape index (κ1) is 13.0. The fraction of sp³-hybridized carbons (Fsp3) is 0.583. The van der Waals surface area contributed by atoms with E-state index in [0.29, 0.717) is 5.13 Å². The Morgan fingerprint density at radius 2 is 1.89 bits per heavy atom. The van der Waals surface area contributed by atoms with E-state index in [1.165, 1.54) is 50.1 Å². The molecule has 0 aliphatic carbocycles. The number of hydrogen-bond acceptors (Lipinski definition) is 7. The average Bonchev–Trinajstić information content (AvgIpc) is 2.94. The van der Waals surface area contributed by atoms with Gasteiger partial charge in [0.05, 0.1) is 11.4 Å². The van der Waals surface area contributed by atoms with Crippen molar-refractivity contribution in [2.24, 2.45) is 0 Å². The highest BCUT2D eigenvalue weighted by Gasteiger charge is 2.13. The molecule has 1 aliphatic heterocycles. The normalized spacial score (nSPS) is 17.5. The Morgan fingerprint density at radius 3 is 2.58 bits per heavy atom. The van der Waals surface area contributed by atoms with E-state index in [9.17, 15) is 0 Å². The summed E-state index contributed by atoms with van der Waals surface area (Å²) in [5.41, 5.74) is 5.61. The van der Waals surface area contributed by atoms with Crippen molar-refractivity contribution >= 4 is 27.8 Å². The first-order chi connectivity index (χ1) is 9.31. The monoisotopic (exact) mass is 295 g/mol. The van der Waals surface area contributed by atoms with Crippen LogP contribution in [0.4, 0.5) is 5.13 Å². The van der Waals surface area contributed by atoms with Crippen LogP contribution >= 0.6 is 22.7 Å². The van der Waals surface area contributed by atoms with Crippen molar-refractivity contribution in [3.8, 4) is 9.88 Å². The van der Waals surface area contributed by atoms with Gasteiger partial charge in [-0.1, -0.05) is 24.2 Å². The highest BCUT2D eigenvalue weighted by molar-refractivity contribution is 7.23. The summed E-state index contributed by atoms with van der Waals surface area (Å²) in [5.74, 6) is 0. The Bertz CT molecular complexity index is 528. The van der Waals surface area contributed by atoms with Crippen LogP contribution in [-0.2, 0) is 6.54 Å². The molecule has 0 saturated carbocycles. The molecular formula is C12H17N5S2. The molecule has 0 amide bonds. The second kappa shape index (κ2) is 5.94. The molecule has 7 heteroatoms. The average molecular weight is 295 g/mol. The minimum Gasteiger partial charge on any atom is -0.374 e. The van der Waals surface area contributed by atoms with Gasteiger partial charge in [0.25, 0.3) is 0 Å². The summed E-state index contributed by atoms with van der Waals surface area (Å²) in [5, 5.41) is 10.4. The van der Waals surface area contributed by atoms with Gasteiger partial charge in [-0.2, -0.15) is 0 Å². The van der Waals surface area contributed by atoms with Crippen molar-refractivity contribution in [2.75, 3.05) is 18.8 Å². The van der Waals surface area contributed by atoms with Crippen molar-refractivity contribution < 1.29 is 0 Å². The van der Waals surface area contributed by atoms with E-state index < -0.39 is 0 Å². The van der Waals surface area contributed by atoms with Crippen LogP contribution in [-0.4, -0.2) is 33.2 Å². The third kappa shape index (κ3) is 3.29. The Kier molecular flexibility index (Phi) is 4.05. The van der Waals surface area contributed by atoms with Crippen LogP contribution in [0, 0.1) is 0 Å². The van der Waals surface area contributed by atoms with Crippen molar-refractivity contribution in [1.82, 2.24) is 20.1 Å². The van der Waals surface area contributed by atoms with Gasteiger partial charge in [0, 0.05) is 6.20 Å². The number of likely N-dealkylation sites (tertiary alicyclic amines) is 1. The molecule has 0 aromatic carbocycles. The topological polar surface area (TPSA) is 67.9 Å². The third-order valence-electron chi connectivity index (χ3n) is 3.26. The number of nitrogens with zero attached hydrogens (tertiary/aromatic N) is 4. The van der Waals surface area contributed by atoms with Gasteiger partial charge < -0.3 is 5.73 Å². The molecule has 0 spiro atoms. The van der Waals surface area contributed by atoms with Crippen LogP contribution < -0.4 is 5.73 Å². The molecule has 2 N–H and O–H groups in total. The number of aromatic nitrogens is 3. The van der Waals surface area contributed by atoms with E-state index in [1.807, 2.05) is 6.20 Å². The van der Waals surface area contributed by atoms with E-state index in [1.54, 1.807) is 11.3 Å². The molecule has 2 aromatic heterocycles. The van der Waals surface area contributed by atoms with Gasteiger partial charge in [-0.05, 0) is 25.9 Å². The molecule has 3 rings (SSSR count). The zero-order valence-corrected chi connectivity index (χ0v) is 12.3. The van der Waals surface area contributed by atoms with Crippen LogP contribution in [0.25, 0.3) is 9.88 Å². The predicted molar refractivity (Wildman–Crippen MR) is 79.2 cm³/mol. The Balaban J connectivity index is 1.67. The van der Waals surface area contributed by atoms with E-state index in [-0.39, 0.29) is 0 Å². The van der Waals surface area contributed by atoms with Gasteiger partial charge in [0.1, 0.15) is 5.01 Å². The van der Waals surface area contributed by atoms with Gasteiger partial charge in [-0.3, -0.25) is 4.90 Å². The molecule has 1 fully saturated rings. The summed E-state index contributed by atoms with van der Waals surface area (Å²) in [6.45, 7) is 3.35. The maximum Gasteiger partial charge on any atom is 0.203 e. The highest BCUT2D eigenvalue weighted by atomic mass is 32.1. The number of nitrogens with two attached hydrogens (primary N) is 1. The number of anilines is 1. The van der Waals surface area contributed by atoms with Crippen molar-refractivity contribution in [1.29, 1.82) is 0 Å². The number of rotatable bonds is 3. The maximum atomic E-state index is 5.61. The fourth-order valence-corrected chi connectivity index (χ4v) is 3.91. The lowest BCUT2D eigenvalue weighted by molar-refractivity contribution is 0.276. The molecule has 0 bridgehead atoms. The summed E-state index contributed by atoms with van der Waals surface area (Å²) in [4.78, 5) is 8.07.